The fourth-order valence-corrected chi connectivity index (χ4v) is 5.33. The second kappa shape index (κ2) is 12.8. The van der Waals surface area contributed by atoms with Crippen LogP contribution in [0.5, 0.6) is 11.5 Å². The fourth-order valence-electron chi connectivity index (χ4n) is 5.33. The lowest BCUT2D eigenvalue weighted by Gasteiger charge is -2.30. The molecule has 0 saturated carbocycles. The van der Waals surface area contributed by atoms with Crippen LogP contribution in [0.15, 0.2) is 0 Å². The molecule has 0 aromatic heterocycles. The van der Waals surface area contributed by atoms with Gasteiger partial charge in [0.05, 0.1) is 13.2 Å². The minimum atomic E-state index is 0.381. The van der Waals surface area contributed by atoms with Crippen molar-refractivity contribution in [3.63, 3.8) is 0 Å². The molecule has 1 aromatic carbocycles. The van der Waals surface area contributed by atoms with E-state index in [1.165, 1.54) is 80.0 Å². The third-order valence-electron chi connectivity index (χ3n) is 7.61. The molecule has 1 aromatic rings. The van der Waals surface area contributed by atoms with Gasteiger partial charge < -0.3 is 9.47 Å². The van der Waals surface area contributed by atoms with Gasteiger partial charge in [-0.1, -0.05) is 72.6 Å². The zero-order valence-electron chi connectivity index (χ0n) is 21.9. The third kappa shape index (κ3) is 7.72. The van der Waals surface area contributed by atoms with Gasteiger partial charge in [0.25, 0.3) is 0 Å². The van der Waals surface area contributed by atoms with E-state index in [-0.39, 0.29) is 0 Å². The van der Waals surface area contributed by atoms with Crippen molar-refractivity contribution in [1.82, 2.24) is 0 Å². The maximum Gasteiger partial charge on any atom is 0.126 e. The van der Waals surface area contributed by atoms with Crippen LogP contribution in [-0.2, 0) is 6.42 Å². The molecule has 0 N–H and O–H groups in total. The minimum absolute atomic E-state index is 0.381. The van der Waals surface area contributed by atoms with Gasteiger partial charge in [0.15, 0.2) is 0 Å². The van der Waals surface area contributed by atoms with Crippen molar-refractivity contribution in [2.24, 2.45) is 17.8 Å². The quantitative estimate of drug-likeness (QED) is 0.311. The Morgan fingerprint density at radius 3 is 1.97 bits per heavy atom. The minimum Gasteiger partial charge on any atom is -0.496 e. The van der Waals surface area contributed by atoms with Crippen LogP contribution in [0, 0.1) is 38.5 Å². The lowest BCUT2D eigenvalue weighted by molar-refractivity contribution is 0.156. The van der Waals surface area contributed by atoms with E-state index in [9.17, 15) is 0 Å². The van der Waals surface area contributed by atoms with Gasteiger partial charge in [0.1, 0.15) is 11.5 Å². The van der Waals surface area contributed by atoms with Gasteiger partial charge >= 0.3 is 0 Å². The molecule has 0 fully saturated rings. The molecule has 31 heavy (non-hydrogen) atoms. The molecule has 0 spiro atoms. The van der Waals surface area contributed by atoms with Crippen LogP contribution < -0.4 is 9.47 Å². The highest BCUT2D eigenvalue weighted by atomic mass is 16.5. The predicted molar refractivity (Wildman–Crippen MR) is 135 cm³/mol. The van der Waals surface area contributed by atoms with E-state index in [0.29, 0.717) is 6.10 Å². The topological polar surface area (TPSA) is 18.5 Å². The molecule has 0 amide bonds. The van der Waals surface area contributed by atoms with E-state index in [2.05, 4.69) is 48.5 Å². The van der Waals surface area contributed by atoms with Crippen LogP contribution in [0.4, 0.5) is 0 Å². The van der Waals surface area contributed by atoms with Gasteiger partial charge in [-0.15, -0.1) is 0 Å². The fraction of sp³-hybridized carbons (Fsp3) is 0.793. The highest BCUT2D eigenvalue weighted by Crippen LogP contribution is 2.41. The number of hydrogen-bond donors (Lipinski definition) is 0. The standard InChI is InChI=1S/C29H50O2/c1-20(2)12-9-13-21(3)14-10-15-22(4)16-11-17-26-18-19-27-25(7)28(30-8)23(5)24(6)29(27)31-26/h20-22,26H,9-19H2,1-8H3. The first-order chi connectivity index (χ1) is 14.7. The third-order valence-corrected chi connectivity index (χ3v) is 7.61. The Morgan fingerprint density at radius 2 is 1.39 bits per heavy atom. The van der Waals surface area contributed by atoms with Crippen LogP contribution in [0.1, 0.15) is 114 Å². The molecule has 3 unspecified atom stereocenters. The number of rotatable bonds is 13. The van der Waals surface area contributed by atoms with Crippen molar-refractivity contribution in [3.05, 3.63) is 22.3 Å². The summed E-state index contributed by atoms with van der Waals surface area (Å²) in [7, 11) is 1.78. The van der Waals surface area contributed by atoms with E-state index < -0.39 is 0 Å². The first-order valence-corrected chi connectivity index (χ1v) is 13.1. The molecule has 1 aliphatic rings. The molecular weight excluding hydrogens is 380 g/mol. The Balaban J connectivity index is 1.70. The van der Waals surface area contributed by atoms with Crippen LogP contribution in [0.2, 0.25) is 0 Å². The summed E-state index contributed by atoms with van der Waals surface area (Å²) in [4.78, 5) is 0. The van der Waals surface area contributed by atoms with E-state index in [1.807, 2.05) is 0 Å². The second-order valence-electron chi connectivity index (χ2n) is 10.9. The summed E-state index contributed by atoms with van der Waals surface area (Å²) in [6, 6.07) is 0. The Hall–Kier alpha value is -1.18. The van der Waals surface area contributed by atoms with Crippen LogP contribution in [-0.4, -0.2) is 13.2 Å². The molecule has 2 nitrogen and oxygen atoms in total. The summed E-state index contributed by atoms with van der Waals surface area (Å²) < 4.78 is 12.2. The molecule has 178 valence electrons. The normalized spacial score (nSPS) is 17.9. The summed E-state index contributed by atoms with van der Waals surface area (Å²) in [5.41, 5.74) is 5.13. The number of methoxy groups -OCH3 is 1. The largest absolute Gasteiger partial charge is 0.496 e. The van der Waals surface area contributed by atoms with Gasteiger partial charge in [0.2, 0.25) is 0 Å². The van der Waals surface area contributed by atoms with Crippen molar-refractivity contribution in [1.29, 1.82) is 0 Å². The Labute approximate surface area is 193 Å². The molecular formula is C29H50O2. The molecule has 0 radical (unpaired) electrons. The molecule has 0 aliphatic carbocycles. The molecule has 3 atom stereocenters. The summed E-state index contributed by atoms with van der Waals surface area (Å²) >= 11 is 0. The van der Waals surface area contributed by atoms with Crippen molar-refractivity contribution < 1.29 is 9.47 Å². The summed E-state index contributed by atoms with van der Waals surface area (Å²) in [5.74, 6) is 4.78. The highest BCUT2D eigenvalue weighted by Gasteiger charge is 2.26. The van der Waals surface area contributed by atoms with Crippen molar-refractivity contribution in [2.75, 3.05) is 7.11 Å². The van der Waals surface area contributed by atoms with E-state index in [0.717, 1.165) is 42.1 Å². The SMILES string of the molecule is COc1c(C)c(C)c2c(c1C)CCC(CCCC(C)CCCC(C)CCCC(C)C)O2. The molecule has 2 heteroatoms. The smallest absolute Gasteiger partial charge is 0.126 e. The van der Waals surface area contributed by atoms with Gasteiger partial charge in [0, 0.05) is 5.56 Å². The summed E-state index contributed by atoms with van der Waals surface area (Å²) in [5, 5.41) is 0. The Kier molecular flexibility index (Phi) is 10.7. The van der Waals surface area contributed by atoms with Gasteiger partial charge in [-0.05, 0) is 80.9 Å². The molecule has 1 aliphatic heterocycles. The molecule has 0 bridgehead atoms. The van der Waals surface area contributed by atoms with Crippen LogP contribution in [0.25, 0.3) is 0 Å². The zero-order chi connectivity index (χ0) is 23.0. The van der Waals surface area contributed by atoms with Crippen molar-refractivity contribution in [2.45, 2.75) is 125 Å². The van der Waals surface area contributed by atoms with Gasteiger partial charge in [-0.2, -0.15) is 0 Å². The second-order valence-corrected chi connectivity index (χ2v) is 10.9. The predicted octanol–water partition coefficient (Wildman–Crippen LogP) is 8.75. The summed E-state index contributed by atoms with van der Waals surface area (Å²) in [6.45, 7) is 16.1. The number of ether oxygens (including phenoxy) is 2. The van der Waals surface area contributed by atoms with E-state index in [4.69, 9.17) is 9.47 Å². The highest BCUT2D eigenvalue weighted by molar-refractivity contribution is 5.58. The van der Waals surface area contributed by atoms with Crippen LogP contribution in [0.3, 0.4) is 0 Å². The summed E-state index contributed by atoms with van der Waals surface area (Å²) in [6.07, 6.45) is 14.9. The van der Waals surface area contributed by atoms with E-state index >= 15 is 0 Å². The number of hydrogen-bond acceptors (Lipinski definition) is 2. The lowest BCUT2D eigenvalue weighted by atomic mass is 9.89. The Bertz CT molecular complexity index is 676. The van der Waals surface area contributed by atoms with Crippen LogP contribution >= 0.6 is 0 Å². The molecule has 0 saturated heterocycles. The maximum absolute atomic E-state index is 6.52. The lowest BCUT2D eigenvalue weighted by Crippen LogP contribution is -2.24. The molecule has 1 heterocycles. The molecule has 2 rings (SSSR count). The Morgan fingerprint density at radius 1 is 0.806 bits per heavy atom. The average Bonchev–Trinajstić information content (AvgIpc) is 2.72. The first-order valence-electron chi connectivity index (χ1n) is 13.1. The number of benzene rings is 1. The van der Waals surface area contributed by atoms with Gasteiger partial charge in [-0.25, -0.2) is 0 Å². The first kappa shape index (κ1) is 26.1. The van der Waals surface area contributed by atoms with Crippen molar-refractivity contribution in [3.8, 4) is 11.5 Å². The maximum atomic E-state index is 6.52. The van der Waals surface area contributed by atoms with E-state index in [1.54, 1.807) is 7.11 Å². The number of fused-ring (bicyclic) bond motifs is 1. The zero-order valence-corrected chi connectivity index (χ0v) is 21.9. The monoisotopic (exact) mass is 430 g/mol. The van der Waals surface area contributed by atoms with Crippen molar-refractivity contribution >= 4 is 0 Å². The van der Waals surface area contributed by atoms with Gasteiger partial charge in [-0.3, -0.25) is 0 Å². The average molecular weight is 431 g/mol.